The van der Waals surface area contributed by atoms with Gasteiger partial charge in [0.1, 0.15) is 17.6 Å². The molecule has 2 aromatic carbocycles. The van der Waals surface area contributed by atoms with Gasteiger partial charge in [-0.1, -0.05) is 0 Å². The molecule has 3 amide bonds. The minimum absolute atomic E-state index is 0.134. The van der Waals surface area contributed by atoms with Gasteiger partial charge in [0.05, 0.1) is 0 Å². The molecular formula is C25H29N11O3. The van der Waals surface area contributed by atoms with Crippen LogP contribution in [-0.2, 0) is 0 Å². The van der Waals surface area contributed by atoms with Crippen LogP contribution in [0.2, 0.25) is 0 Å². The summed E-state index contributed by atoms with van der Waals surface area (Å²) >= 11 is 0. The Labute approximate surface area is 222 Å². The van der Waals surface area contributed by atoms with Crippen molar-refractivity contribution in [2.45, 2.75) is 20.0 Å². The zero-order valence-corrected chi connectivity index (χ0v) is 21.3. The molecule has 12 N–H and O–H groups in total. The second-order valence-corrected chi connectivity index (χ2v) is 8.67. The fourth-order valence-corrected chi connectivity index (χ4v) is 3.99. The minimum atomic E-state index is -0.606. The molecule has 0 fully saturated rings. The van der Waals surface area contributed by atoms with Crippen LogP contribution in [0.1, 0.15) is 45.2 Å². The van der Waals surface area contributed by atoms with Gasteiger partial charge in [-0.3, -0.25) is 14.4 Å². The van der Waals surface area contributed by atoms with Crippen molar-refractivity contribution in [3.8, 4) is 0 Å². The zero-order chi connectivity index (χ0) is 28.3. The molecule has 14 heteroatoms. The number of nitrogens with one attached hydrogen (secondary N) is 4. The number of aromatic amines is 2. The van der Waals surface area contributed by atoms with Gasteiger partial charge in [-0.2, -0.15) is 0 Å². The van der Waals surface area contributed by atoms with E-state index in [2.05, 4.69) is 30.7 Å². The van der Waals surface area contributed by atoms with Crippen molar-refractivity contribution in [3.05, 3.63) is 65.5 Å². The van der Waals surface area contributed by atoms with Crippen LogP contribution in [-0.4, -0.2) is 57.3 Å². The minimum Gasteiger partial charge on any atom is -0.370 e. The Morgan fingerprint density at radius 1 is 0.872 bits per heavy atom. The first-order valence-electron chi connectivity index (χ1n) is 11.9. The van der Waals surface area contributed by atoms with Crippen molar-refractivity contribution in [1.82, 2.24) is 20.3 Å². The summed E-state index contributed by atoms with van der Waals surface area (Å²) in [4.78, 5) is 48.1. The normalized spacial score (nSPS) is 11.5. The highest BCUT2D eigenvalue weighted by molar-refractivity contribution is 6.08. The molecule has 0 radical (unpaired) electrons. The monoisotopic (exact) mass is 531 g/mol. The van der Waals surface area contributed by atoms with Crippen molar-refractivity contribution >= 4 is 57.1 Å². The lowest BCUT2D eigenvalue weighted by Crippen LogP contribution is -2.35. The van der Waals surface area contributed by atoms with Crippen molar-refractivity contribution in [3.63, 3.8) is 0 Å². The standard InChI is InChI=1S/C25H29N11O3/c1-3-36(35-25(28)29)23(39)20-11-15-9-16(5-7-18(15)34-20)32-21(37)13-4-6-17-14(8-13)10-19(33-17)22(38)30-12(2)31-24(26)27/h4-12,33-34H,3H2,1-2H3,(H,30,38)(H,32,37)(H4,26,27,31)(H4,28,29,35). The summed E-state index contributed by atoms with van der Waals surface area (Å²) in [5, 5.41) is 11.9. The molecule has 0 aliphatic heterocycles. The first-order chi connectivity index (χ1) is 18.5. The van der Waals surface area contributed by atoms with E-state index in [1.165, 1.54) is 0 Å². The molecule has 4 rings (SSSR count). The quantitative estimate of drug-likeness (QED) is 0.0927. The van der Waals surface area contributed by atoms with E-state index in [0.29, 0.717) is 44.4 Å². The Balaban J connectivity index is 1.50. The number of anilines is 1. The molecule has 4 aromatic rings. The first kappa shape index (κ1) is 26.5. The van der Waals surface area contributed by atoms with Crippen LogP contribution >= 0.6 is 0 Å². The molecule has 0 saturated heterocycles. The number of guanidine groups is 2. The Hall–Kier alpha value is -5.53. The maximum atomic E-state index is 13.0. The number of carbonyl (C=O) groups is 3. The molecule has 14 nitrogen and oxygen atoms in total. The second-order valence-electron chi connectivity index (χ2n) is 8.67. The average molecular weight is 532 g/mol. The molecule has 0 spiro atoms. The molecule has 0 bridgehead atoms. The Morgan fingerprint density at radius 2 is 1.51 bits per heavy atom. The third kappa shape index (κ3) is 6.07. The SMILES string of the molecule is CCN(N=C(N)N)C(=O)c1cc2cc(NC(=O)c3ccc4[nH]c(C(=O)NC(C)N=C(N)N)cc4c3)ccc2[nH]1. The number of amides is 3. The number of carbonyl (C=O) groups excluding carboxylic acids is 3. The lowest BCUT2D eigenvalue weighted by Gasteiger charge is -2.13. The van der Waals surface area contributed by atoms with E-state index in [1.54, 1.807) is 62.4 Å². The summed E-state index contributed by atoms with van der Waals surface area (Å²) in [7, 11) is 0. The molecule has 2 aromatic heterocycles. The highest BCUT2D eigenvalue weighted by atomic mass is 16.2. The summed E-state index contributed by atoms with van der Waals surface area (Å²) in [6, 6.07) is 13.5. The van der Waals surface area contributed by atoms with E-state index in [-0.39, 0.29) is 24.4 Å². The molecule has 0 aliphatic carbocycles. The molecule has 202 valence electrons. The van der Waals surface area contributed by atoms with E-state index in [1.807, 2.05) is 0 Å². The maximum absolute atomic E-state index is 13.0. The third-order valence-electron chi connectivity index (χ3n) is 5.69. The van der Waals surface area contributed by atoms with Gasteiger partial charge in [-0.15, -0.1) is 5.10 Å². The van der Waals surface area contributed by atoms with Crippen LogP contribution in [0, 0.1) is 0 Å². The third-order valence-corrected chi connectivity index (χ3v) is 5.69. The van der Waals surface area contributed by atoms with Crippen LogP contribution < -0.4 is 33.6 Å². The Kier molecular flexibility index (Phi) is 7.37. The molecule has 2 heterocycles. The van der Waals surface area contributed by atoms with E-state index >= 15 is 0 Å². The first-order valence-corrected chi connectivity index (χ1v) is 11.9. The molecule has 0 saturated carbocycles. The zero-order valence-electron chi connectivity index (χ0n) is 21.3. The predicted molar refractivity (Wildman–Crippen MR) is 150 cm³/mol. The number of aromatic nitrogens is 2. The summed E-state index contributed by atoms with van der Waals surface area (Å²) < 4.78 is 0. The summed E-state index contributed by atoms with van der Waals surface area (Å²) in [5.74, 6) is -1.49. The summed E-state index contributed by atoms with van der Waals surface area (Å²) in [6.07, 6.45) is -0.606. The van der Waals surface area contributed by atoms with Gasteiger partial charge in [0, 0.05) is 39.6 Å². The topological polar surface area (TPSA) is 239 Å². The number of benzene rings is 2. The molecule has 0 aliphatic rings. The fourth-order valence-electron chi connectivity index (χ4n) is 3.99. The van der Waals surface area contributed by atoms with Gasteiger partial charge in [-0.25, -0.2) is 10.0 Å². The van der Waals surface area contributed by atoms with Crippen LogP contribution in [0.3, 0.4) is 0 Å². The molecule has 39 heavy (non-hydrogen) atoms. The lowest BCUT2D eigenvalue weighted by molar-refractivity contribution is 0.0763. The van der Waals surface area contributed by atoms with Crippen LogP contribution in [0.15, 0.2) is 58.6 Å². The number of fused-ring (bicyclic) bond motifs is 2. The number of nitrogens with zero attached hydrogens (tertiary/aromatic N) is 3. The number of rotatable bonds is 8. The molecular weight excluding hydrogens is 502 g/mol. The number of aliphatic imine (C=N–C) groups is 1. The number of hydrogen-bond acceptors (Lipinski definition) is 5. The fraction of sp³-hybridized carbons (Fsp3) is 0.160. The largest absolute Gasteiger partial charge is 0.370 e. The number of hydrazone groups is 1. The number of nitrogens with two attached hydrogens (primary N) is 4. The maximum Gasteiger partial charge on any atom is 0.290 e. The van der Waals surface area contributed by atoms with Gasteiger partial charge in [0.2, 0.25) is 5.96 Å². The lowest BCUT2D eigenvalue weighted by atomic mass is 10.1. The van der Waals surface area contributed by atoms with Crippen LogP contribution in [0.25, 0.3) is 21.8 Å². The van der Waals surface area contributed by atoms with E-state index in [0.717, 1.165) is 5.01 Å². The number of H-pyrrole nitrogens is 2. The van der Waals surface area contributed by atoms with Crippen molar-refractivity contribution in [2.24, 2.45) is 33.0 Å². The summed E-state index contributed by atoms with van der Waals surface area (Å²) in [5.41, 5.74) is 24.4. The molecule has 1 atom stereocenters. The number of hydrogen-bond donors (Lipinski definition) is 8. The van der Waals surface area contributed by atoms with Crippen molar-refractivity contribution in [1.29, 1.82) is 0 Å². The van der Waals surface area contributed by atoms with Gasteiger partial charge in [0.15, 0.2) is 5.96 Å². The van der Waals surface area contributed by atoms with E-state index in [9.17, 15) is 14.4 Å². The van der Waals surface area contributed by atoms with Gasteiger partial charge >= 0.3 is 0 Å². The predicted octanol–water partition coefficient (Wildman–Crippen LogP) is 0.901. The van der Waals surface area contributed by atoms with E-state index < -0.39 is 18.0 Å². The Morgan fingerprint density at radius 3 is 2.18 bits per heavy atom. The Bertz CT molecular complexity index is 1620. The highest BCUT2D eigenvalue weighted by Gasteiger charge is 2.18. The smallest absolute Gasteiger partial charge is 0.290 e. The molecule has 1 unspecified atom stereocenters. The van der Waals surface area contributed by atoms with Crippen molar-refractivity contribution < 1.29 is 14.4 Å². The summed E-state index contributed by atoms with van der Waals surface area (Å²) in [6.45, 7) is 3.66. The second kappa shape index (κ2) is 10.8. The highest BCUT2D eigenvalue weighted by Crippen LogP contribution is 2.23. The van der Waals surface area contributed by atoms with Gasteiger partial charge in [-0.05, 0) is 62.4 Å². The van der Waals surface area contributed by atoms with Crippen LogP contribution in [0.4, 0.5) is 5.69 Å². The van der Waals surface area contributed by atoms with Crippen molar-refractivity contribution in [2.75, 3.05) is 11.9 Å². The van der Waals surface area contributed by atoms with Crippen LogP contribution in [0.5, 0.6) is 0 Å². The van der Waals surface area contributed by atoms with Gasteiger partial charge < -0.3 is 43.5 Å². The van der Waals surface area contributed by atoms with E-state index in [4.69, 9.17) is 22.9 Å². The average Bonchev–Trinajstić information content (AvgIpc) is 3.49. The van der Waals surface area contributed by atoms with Gasteiger partial charge in [0.25, 0.3) is 17.7 Å².